The molecule has 0 heterocycles. The lowest BCUT2D eigenvalue weighted by Gasteiger charge is -2.24. The molecule has 0 unspecified atom stereocenters. The Bertz CT molecular complexity index is 1030. The minimum atomic E-state index is -3.78. The van der Waals surface area contributed by atoms with Crippen molar-refractivity contribution in [3.63, 3.8) is 0 Å². The molecule has 1 atom stereocenters. The summed E-state index contributed by atoms with van der Waals surface area (Å²) in [4.78, 5) is 14.8. The molecule has 3 rings (SSSR count). The number of sulfonamides is 1. The van der Waals surface area contributed by atoms with E-state index in [9.17, 15) is 13.2 Å². The van der Waals surface area contributed by atoms with Crippen LogP contribution >= 0.6 is 0 Å². The first-order valence-electron chi connectivity index (χ1n) is 9.66. The van der Waals surface area contributed by atoms with Gasteiger partial charge in [0, 0.05) is 24.7 Å². The standard InChI is InChI=1S/C22H25N3O3S/c1-16(13-23)15-25(20-10-11-20)22(26)19-9-8-17(2)21(12-19)29(27,28)24-14-18-6-4-3-5-7-18/h3-9,12,16,20,24H,10-11,14-15H2,1-2H3/t16-/m0/s1. The summed E-state index contributed by atoms with van der Waals surface area (Å²) >= 11 is 0. The van der Waals surface area contributed by atoms with E-state index in [-0.39, 0.29) is 29.3 Å². The topological polar surface area (TPSA) is 90.3 Å². The van der Waals surface area contributed by atoms with Crippen LogP contribution in [0.15, 0.2) is 53.4 Å². The van der Waals surface area contributed by atoms with Gasteiger partial charge >= 0.3 is 0 Å². The van der Waals surface area contributed by atoms with Gasteiger partial charge in [-0.2, -0.15) is 5.26 Å². The number of nitriles is 1. The monoisotopic (exact) mass is 411 g/mol. The zero-order valence-electron chi connectivity index (χ0n) is 16.6. The number of nitrogens with one attached hydrogen (secondary N) is 1. The van der Waals surface area contributed by atoms with Crippen molar-refractivity contribution in [1.82, 2.24) is 9.62 Å². The summed E-state index contributed by atoms with van der Waals surface area (Å²) in [6, 6.07) is 16.3. The molecule has 1 fully saturated rings. The number of nitrogens with zero attached hydrogens (tertiary/aromatic N) is 2. The second-order valence-corrected chi connectivity index (χ2v) is 9.24. The maximum atomic E-state index is 13.0. The molecule has 0 aromatic heterocycles. The van der Waals surface area contributed by atoms with Crippen LogP contribution in [0.5, 0.6) is 0 Å². The minimum Gasteiger partial charge on any atom is -0.334 e. The first-order chi connectivity index (χ1) is 13.8. The predicted octanol–water partition coefficient (Wildman–Crippen LogP) is 3.24. The average Bonchev–Trinajstić information content (AvgIpc) is 3.56. The number of amides is 1. The maximum Gasteiger partial charge on any atom is 0.254 e. The fraction of sp³-hybridized carbons (Fsp3) is 0.364. The third kappa shape index (κ3) is 5.22. The van der Waals surface area contributed by atoms with Gasteiger partial charge < -0.3 is 4.90 Å². The van der Waals surface area contributed by atoms with Crippen molar-refractivity contribution < 1.29 is 13.2 Å². The molecule has 2 aromatic carbocycles. The van der Waals surface area contributed by atoms with E-state index in [1.54, 1.807) is 30.9 Å². The summed E-state index contributed by atoms with van der Waals surface area (Å²) in [5.41, 5.74) is 1.75. The van der Waals surface area contributed by atoms with Crippen LogP contribution in [0.25, 0.3) is 0 Å². The third-order valence-corrected chi connectivity index (χ3v) is 6.52. The Hall–Kier alpha value is -2.69. The van der Waals surface area contributed by atoms with Gasteiger partial charge in [0.15, 0.2) is 0 Å². The average molecular weight is 412 g/mol. The molecule has 7 heteroatoms. The van der Waals surface area contributed by atoms with E-state index in [0.717, 1.165) is 18.4 Å². The van der Waals surface area contributed by atoms with E-state index in [1.807, 2.05) is 30.3 Å². The molecule has 1 amide bonds. The molecule has 0 radical (unpaired) electrons. The first-order valence-corrected chi connectivity index (χ1v) is 11.1. The smallest absolute Gasteiger partial charge is 0.254 e. The summed E-state index contributed by atoms with van der Waals surface area (Å²) in [5.74, 6) is -0.505. The van der Waals surface area contributed by atoms with Gasteiger partial charge in [-0.15, -0.1) is 0 Å². The first kappa shape index (κ1) is 21.0. The molecule has 0 saturated heterocycles. The number of carbonyl (C=O) groups excluding carboxylic acids is 1. The van der Waals surface area contributed by atoms with Crippen LogP contribution in [-0.2, 0) is 16.6 Å². The van der Waals surface area contributed by atoms with E-state index >= 15 is 0 Å². The number of aryl methyl sites for hydroxylation is 1. The van der Waals surface area contributed by atoms with Gasteiger partial charge in [-0.05, 0) is 49.9 Å². The van der Waals surface area contributed by atoms with Crippen LogP contribution in [-0.4, -0.2) is 31.8 Å². The van der Waals surface area contributed by atoms with Gasteiger partial charge in [0.25, 0.3) is 5.91 Å². The molecule has 6 nitrogen and oxygen atoms in total. The molecule has 0 aliphatic heterocycles. The van der Waals surface area contributed by atoms with Crippen LogP contribution in [0.1, 0.15) is 41.3 Å². The maximum absolute atomic E-state index is 13.0. The normalized spacial score (nSPS) is 14.8. The highest BCUT2D eigenvalue weighted by Gasteiger charge is 2.34. The van der Waals surface area contributed by atoms with Crippen molar-refractivity contribution in [2.24, 2.45) is 5.92 Å². The van der Waals surface area contributed by atoms with Crippen LogP contribution in [0.2, 0.25) is 0 Å². The third-order valence-electron chi connectivity index (χ3n) is 4.97. The van der Waals surface area contributed by atoms with Crippen LogP contribution in [0.4, 0.5) is 0 Å². The Morgan fingerprint density at radius 3 is 2.55 bits per heavy atom. The second-order valence-electron chi connectivity index (χ2n) is 7.51. The molecule has 2 aromatic rings. The van der Waals surface area contributed by atoms with Crippen molar-refractivity contribution in [3.05, 3.63) is 65.2 Å². The summed E-state index contributed by atoms with van der Waals surface area (Å²) in [6.45, 7) is 4.01. The van der Waals surface area contributed by atoms with E-state index in [1.165, 1.54) is 6.07 Å². The largest absolute Gasteiger partial charge is 0.334 e. The van der Waals surface area contributed by atoms with Gasteiger partial charge in [-0.3, -0.25) is 4.79 Å². The highest BCUT2D eigenvalue weighted by Crippen LogP contribution is 2.29. The van der Waals surface area contributed by atoms with Crippen LogP contribution < -0.4 is 4.72 Å². The van der Waals surface area contributed by atoms with Gasteiger partial charge in [-0.1, -0.05) is 36.4 Å². The SMILES string of the molecule is Cc1ccc(C(=O)N(C[C@@H](C)C#N)C2CC2)cc1S(=O)(=O)NCc1ccccc1. The molecule has 1 aliphatic rings. The number of hydrogen-bond donors (Lipinski definition) is 1. The van der Waals surface area contributed by atoms with Crippen molar-refractivity contribution in [2.45, 2.75) is 44.2 Å². The Kier molecular flexibility index (Phi) is 6.36. The molecule has 1 N–H and O–H groups in total. The fourth-order valence-corrected chi connectivity index (χ4v) is 4.45. The van der Waals surface area contributed by atoms with Gasteiger partial charge in [0.1, 0.15) is 0 Å². The summed E-state index contributed by atoms with van der Waals surface area (Å²) in [6.07, 6.45) is 1.83. The minimum absolute atomic E-state index is 0.100. The molecular formula is C22H25N3O3S. The van der Waals surface area contributed by atoms with Gasteiger partial charge in [0.2, 0.25) is 10.0 Å². The highest BCUT2D eigenvalue weighted by molar-refractivity contribution is 7.89. The summed E-state index contributed by atoms with van der Waals surface area (Å²) < 4.78 is 28.3. The number of hydrogen-bond acceptors (Lipinski definition) is 4. The van der Waals surface area contributed by atoms with Crippen LogP contribution in [0, 0.1) is 24.2 Å². The van der Waals surface area contributed by atoms with E-state index in [4.69, 9.17) is 5.26 Å². The van der Waals surface area contributed by atoms with E-state index < -0.39 is 10.0 Å². The van der Waals surface area contributed by atoms with E-state index in [0.29, 0.717) is 17.7 Å². The lowest BCUT2D eigenvalue weighted by atomic mass is 10.1. The zero-order valence-corrected chi connectivity index (χ0v) is 17.4. The molecule has 1 saturated carbocycles. The Labute approximate surface area is 172 Å². The van der Waals surface area contributed by atoms with Crippen molar-refractivity contribution >= 4 is 15.9 Å². The Morgan fingerprint density at radius 2 is 1.93 bits per heavy atom. The zero-order chi connectivity index (χ0) is 21.0. The quantitative estimate of drug-likeness (QED) is 0.722. The van der Waals surface area contributed by atoms with Crippen molar-refractivity contribution in [3.8, 4) is 6.07 Å². The molecule has 0 bridgehead atoms. The summed E-state index contributed by atoms with van der Waals surface area (Å²) in [5, 5.41) is 9.10. The van der Waals surface area contributed by atoms with Gasteiger partial charge in [0.05, 0.1) is 16.9 Å². The molecule has 152 valence electrons. The Morgan fingerprint density at radius 1 is 1.24 bits per heavy atom. The van der Waals surface area contributed by atoms with Crippen molar-refractivity contribution in [1.29, 1.82) is 5.26 Å². The van der Waals surface area contributed by atoms with E-state index in [2.05, 4.69) is 10.8 Å². The van der Waals surface area contributed by atoms with Crippen LogP contribution in [0.3, 0.4) is 0 Å². The molecule has 1 aliphatic carbocycles. The summed E-state index contributed by atoms with van der Waals surface area (Å²) in [7, 11) is -3.78. The Balaban J connectivity index is 1.83. The number of rotatable bonds is 8. The predicted molar refractivity (Wildman–Crippen MR) is 110 cm³/mol. The highest BCUT2D eigenvalue weighted by atomic mass is 32.2. The fourth-order valence-electron chi connectivity index (χ4n) is 3.16. The number of carbonyl (C=O) groups is 1. The molecular weight excluding hydrogens is 386 g/mol. The van der Waals surface area contributed by atoms with Crippen molar-refractivity contribution in [2.75, 3.05) is 6.54 Å². The second kappa shape index (κ2) is 8.76. The lowest BCUT2D eigenvalue weighted by molar-refractivity contribution is 0.0730. The van der Waals surface area contributed by atoms with Gasteiger partial charge in [-0.25, -0.2) is 13.1 Å². The molecule has 0 spiro atoms. The number of benzene rings is 2. The lowest BCUT2D eigenvalue weighted by Crippen LogP contribution is -2.36. The molecule has 29 heavy (non-hydrogen) atoms.